The standard InChI is InChI=1S/C26H18O11/c27-14-6-5-11(7-15(14)28)25-24(34)23(33)22-16(29)9-18-21(26(22)37-25)13(8-20(32)36-18)12-3-1-2-4-17(12)35-10-19(30)31/h1-7,9,13,27-29,34H,8,10H2,(H,30,31). The van der Waals surface area contributed by atoms with Crippen LogP contribution in [0.3, 0.4) is 0 Å². The summed E-state index contributed by atoms with van der Waals surface area (Å²) in [7, 11) is 0. The maximum absolute atomic E-state index is 13.2. The van der Waals surface area contributed by atoms with E-state index in [0.29, 0.717) is 5.56 Å². The Morgan fingerprint density at radius 1 is 0.973 bits per heavy atom. The lowest BCUT2D eigenvalue weighted by Gasteiger charge is -2.27. The van der Waals surface area contributed by atoms with Crippen LogP contribution in [0, 0.1) is 0 Å². The monoisotopic (exact) mass is 506 g/mol. The van der Waals surface area contributed by atoms with Gasteiger partial charge in [-0.25, -0.2) is 4.79 Å². The van der Waals surface area contributed by atoms with Crippen LogP contribution in [0.1, 0.15) is 23.5 Å². The van der Waals surface area contributed by atoms with Crippen molar-refractivity contribution in [3.8, 4) is 45.8 Å². The lowest BCUT2D eigenvalue weighted by Crippen LogP contribution is -2.23. The number of carbonyl (C=O) groups is 2. The number of benzene rings is 3. The van der Waals surface area contributed by atoms with Gasteiger partial charge in [-0.3, -0.25) is 9.59 Å². The first-order valence-electron chi connectivity index (χ1n) is 10.9. The second kappa shape index (κ2) is 8.79. The van der Waals surface area contributed by atoms with Crippen molar-refractivity contribution in [3.05, 3.63) is 69.9 Å². The summed E-state index contributed by atoms with van der Waals surface area (Å²) < 4.78 is 16.7. The molecule has 0 amide bonds. The van der Waals surface area contributed by atoms with E-state index < -0.39 is 52.9 Å². The number of phenolic OH excluding ortho intramolecular Hbond substituents is 3. The summed E-state index contributed by atoms with van der Waals surface area (Å²) >= 11 is 0. The Morgan fingerprint density at radius 2 is 1.73 bits per heavy atom. The number of carbonyl (C=O) groups excluding carboxylic acids is 1. The predicted molar refractivity (Wildman–Crippen MR) is 126 cm³/mol. The Kier molecular flexibility index (Phi) is 5.59. The molecule has 0 fully saturated rings. The first kappa shape index (κ1) is 23.5. The van der Waals surface area contributed by atoms with Crippen molar-refractivity contribution in [2.75, 3.05) is 6.61 Å². The normalized spacial score (nSPS) is 14.7. The van der Waals surface area contributed by atoms with Gasteiger partial charge in [-0.05, 0) is 24.3 Å². The summed E-state index contributed by atoms with van der Waals surface area (Å²) in [6.07, 6.45) is -0.236. The third-order valence-corrected chi connectivity index (χ3v) is 5.95. The number of para-hydroxylation sites is 1. The van der Waals surface area contributed by atoms with Crippen molar-refractivity contribution in [1.82, 2.24) is 0 Å². The molecule has 0 radical (unpaired) electrons. The highest BCUT2D eigenvalue weighted by molar-refractivity contribution is 5.94. The third kappa shape index (κ3) is 4.01. The molecular weight excluding hydrogens is 488 g/mol. The number of fused-ring (bicyclic) bond motifs is 3. The lowest BCUT2D eigenvalue weighted by atomic mass is 9.84. The number of aliphatic carboxylic acids is 1. The van der Waals surface area contributed by atoms with E-state index in [2.05, 4.69) is 0 Å². The number of aromatic hydroxyl groups is 4. The molecule has 188 valence electrons. The minimum absolute atomic E-state index is 0.0402. The van der Waals surface area contributed by atoms with Crippen LogP contribution < -0.4 is 14.9 Å². The van der Waals surface area contributed by atoms with Gasteiger partial charge in [0, 0.05) is 28.7 Å². The first-order valence-corrected chi connectivity index (χ1v) is 10.9. The van der Waals surface area contributed by atoms with Gasteiger partial charge in [0.15, 0.2) is 23.9 Å². The maximum Gasteiger partial charge on any atom is 0.341 e. The van der Waals surface area contributed by atoms with Gasteiger partial charge in [0.25, 0.3) is 0 Å². The Balaban J connectivity index is 1.81. The predicted octanol–water partition coefficient (Wildman–Crippen LogP) is 3.19. The topological polar surface area (TPSA) is 184 Å². The Labute approximate surface area is 207 Å². The first-order chi connectivity index (χ1) is 17.7. The molecule has 4 aromatic rings. The number of carboxylic acid groups (broad SMARTS) is 1. The number of esters is 1. The molecular formula is C26H18O11. The van der Waals surface area contributed by atoms with E-state index in [4.69, 9.17) is 19.0 Å². The highest BCUT2D eigenvalue weighted by Crippen LogP contribution is 2.48. The largest absolute Gasteiger partial charge is 0.507 e. The fraction of sp³-hybridized carbons (Fsp3) is 0.115. The second-order valence-electron chi connectivity index (χ2n) is 8.28. The quantitative estimate of drug-likeness (QED) is 0.152. The van der Waals surface area contributed by atoms with Crippen molar-refractivity contribution in [2.24, 2.45) is 0 Å². The fourth-order valence-corrected chi connectivity index (χ4v) is 4.35. The van der Waals surface area contributed by atoms with Crippen LogP contribution in [0.25, 0.3) is 22.3 Å². The molecule has 5 N–H and O–H groups in total. The summed E-state index contributed by atoms with van der Waals surface area (Å²) in [5.74, 6) is -5.46. The Hall–Kier alpha value is -5.19. The molecule has 1 unspecified atom stereocenters. The Bertz CT molecular complexity index is 1650. The second-order valence-corrected chi connectivity index (χ2v) is 8.28. The summed E-state index contributed by atoms with van der Waals surface area (Å²) in [5.41, 5.74) is -0.576. The van der Waals surface area contributed by atoms with Gasteiger partial charge in [0.05, 0.1) is 6.42 Å². The molecule has 0 bridgehead atoms. The molecule has 1 atom stereocenters. The molecule has 11 nitrogen and oxygen atoms in total. The number of ether oxygens (including phenoxy) is 2. The van der Waals surface area contributed by atoms with Crippen LogP contribution in [0.5, 0.6) is 34.5 Å². The number of hydrogen-bond acceptors (Lipinski definition) is 10. The van der Waals surface area contributed by atoms with E-state index in [9.17, 15) is 34.8 Å². The van der Waals surface area contributed by atoms with Crippen LogP contribution >= 0.6 is 0 Å². The fourth-order valence-electron chi connectivity index (χ4n) is 4.35. The smallest absolute Gasteiger partial charge is 0.341 e. The van der Waals surface area contributed by atoms with Gasteiger partial charge in [-0.1, -0.05) is 18.2 Å². The van der Waals surface area contributed by atoms with E-state index in [1.807, 2.05) is 0 Å². The molecule has 3 aromatic carbocycles. The van der Waals surface area contributed by atoms with Crippen LogP contribution in [0.15, 0.2) is 57.7 Å². The summed E-state index contributed by atoms with van der Waals surface area (Å²) in [6, 6.07) is 11.0. The molecule has 0 aliphatic carbocycles. The Morgan fingerprint density at radius 3 is 2.46 bits per heavy atom. The summed E-state index contributed by atoms with van der Waals surface area (Å²) in [4.78, 5) is 36.7. The molecule has 1 aromatic heterocycles. The maximum atomic E-state index is 13.2. The van der Waals surface area contributed by atoms with Gasteiger partial charge in [0.2, 0.25) is 11.2 Å². The van der Waals surface area contributed by atoms with Gasteiger partial charge in [-0.15, -0.1) is 0 Å². The number of carboxylic acids is 1. The lowest BCUT2D eigenvalue weighted by molar-refractivity contribution is -0.139. The highest BCUT2D eigenvalue weighted by atomic mass is 16.5. The van der Waals surface area contributed by atoms with Crippen molar-refractivity contribution in [2.45, 2.75) is 12.3 Å². The van der Waals surface area contributed by atoms with E-state index in [1.165, 1.54) is 12.1 Å². The van der Waals surface area contributed by atoms with E-state index >= 15 is 0 Å². The molecule has 5 rings (SSSR count). The average molecular weight is 506 g/mol. The molecule has 11 heteroatoms. The zero-order chi connectivity index (χ0) is 26.4. The molecule has 2 heterocycles. The molecule has 0 spiro atoms. The van der Waals surface area contributed by atoms with E-state index in [0.717, 1.165) is 18.2 Å². The zero-order valence-corrected chi connectivity index (χ0v) is 18.8. The van der Waals surface area contributed by atoms with Crippen LogP contribution in [0.2, 0.25) is 0 Å². The molecule has 0 saturated heterocycles. The van der Waals surface area contributed by atoms with Gasteiger partial charge in [0.1, 0.15) is 28.2 Å². The third-order valence-electron chi connectivity index (χ3n) is 5.95. The molecule has 1 aliphatic rings. The minimum atomic E-state index is -1.21. The van der Waals surface area contributed by atoms with Crippen molar-refractivity contribution < 1.29 is 49.0 Å². The van der Waals surface area contributed by atoms with Crippen LogP contribution in [-0.4, -0.2) is 44.1 Å². The average Bonchev–Trinajstić information content (AvgIpc) is 2.85. The van der Waals surface area contributed by atoms with Gasteiger partial charge >= 0.3 is 11.9 Å². The number of rotatable bonds is 5. The zero-order valence-electron chi connectivity index (χ0n) is 18.8. The van der Waals surface area contributed by atoms with Gasteiger partial charge in [-0.2, -0.15) is 0 Å². The summed E-state index contributed by atoms with van der Waals surface area (Å²) in [5, 5.41) is 49.4. The number of phenols is 3. The van der Waals surface area contributed by atoms with Crippen LogP contribution in [0.4, 0.5) is 0 Å². The number of hydrogen-bond donors (Lipinski definition) is 5. The van der Waals surface area contributed by atoms with Crippen LogP contribution in [-0.2, 0) is 9.59 Å². The van der Waals surface area contributed by atoms with Crippen molar-refractivity contribution >= 4 is 22.9 Å². The van der Waals surface area contributed by atoms with Gasteiger partial charge < -0.3 is 39.4 Å². The molecule has 1 aliphatic heterocycles. The molecule has 37 heavy (non-hydrogen) atoms. The minimum Gasteiger partial charge on any atom is -0.507 e. The van der Waals surface area contributed by atoms with E-state index in [1.54, 1.807) is 18.2 Å². The van der Waals surface area contributed by atoms with E-state index in [-0.39, 0.29) is 45.8 Å². The van der Waals surface area contributed by atoms with Crippen molar-refractivity contribution in [1.29, 1.82) is 0 Å². The summed E-state index contributed by atoms with van der Waals surface area (Å²) in [6.45, 7) is -0.644. The molecule has 0 saturated carbocycles. The van der Waals surface area contributed by atoms with Crippen molar-refractivity contribution in [3.63, 3.8) is 0 Å². The highest BCUT2D eigenvalue weighted by Gasteiger charge is 2.36. The SMILES string of the molecule is O=C(O)COc1ccccc1C1CC(=O)Oc2cc(O)c3c(=O)c(O)c(-c4ccc(O)c(O)c4)oc3c21.